The van der Waals surface area contributed by atoms with Crippen LogP contribution >= 0.6 is 0 Å². The predicted molar refractivity (Wildman–Crippen MR) is 121 cm³/mol. The summed E-state index contributed by atoms with van der Waals surface area (Å²) in [6.45, 7) is 11.0. The van der Waals surface area contributed by atoms with E-state index >= 15 is 0 Å². The average molecular weight is 393 g/mol. The highest BCUT2D eigenvalue weighted by Crippen LogP contribution is 2.53. The molecule has 1 saturated carbocycles. The second kappa shape index (κ2) is 12.8. The molecule has 1 aliphatic carbocycles. The van der Waals surface area contributed by atoms with Crippen molar-refractivity contribution in [2.75, 3.05) is 0 Å². The molecule has 1 fully saturated rings. The van der Waals surface area contributed by atoms with E-state index in [1.807, 2.05) is 0 Å². The molecule has 0 aromatic rings. The highest BCUT2D eigenvalue weighted by atomic mass is 16.2. The van der Waals surface area contributed by atoms with Crippen molar-refractivity contribution in [2.45, 2.75) is 137 Å². The largest absolute Gasteiger partial charge is 0.299 e. The number of rotatable bonds is 15. The van der Waals surface area contributed by atoms with Crippen LogP contribution in [-0.4, -0.2) is 11.6 Å². The van der Waals surface area contributed by atoms with Gasteiger partial charge in [0.15, 0.2) is 0 Å². The average Bonchev–Trinajstić information content (AvgIpc) is 2.73. The molecule has 0 spiro atoms. The van der Waals surface area contributed by atoms with Gasteiger partial charge < -0.3 is 0 Å². The Morgan fingerprint density at radius 2 is 1.29 bits per heavy atom. The van der Waals surface area contributed by atoms with E-state index in [9.17, 15) is 9.59 Å². The Balaban J connectivity index is 2.54. The molecule has 1 aliphatic rings. The third-order valence-corrected chi connectivity index (χ3v) is 7.96. The minimum absolute atomic E-state index is 0.179. The van der Waals surface area contributed by atoms with Gasteiger partial charge in [0.25, 0.3) is 0 Å². The van der Waals surface area contributed by atoms with Crippen LogP contribution in [0.5, 0.6) is 0 Å². The van der Waals surface area contributed by atoms with Gasteiger partial charge in [0.2, 0.25) is 0 Å². The molecule has 28 heavy (non-hydrogen) atoms. The molecule has 0 aromatic heterocycles. The van der Waals surface area contributed by atoms with Crippen LogP contribution in [0.25, 0.3) is 0 Å². The molecular weight excluding hydrogens is 344 g/mol. The normalized spacial score (nSPS) is 21.0. The Kier molecular flexibility index (Phi) is 11.6. The maximum atomic E-state index is 13.3. The Morgan fingerprint density at radius 3 is 1.75 bits per heavy atom. The van der Waals surface area contributed by atoms with Crippen molar-refractivity contribution in [3.05, 3.63) is 0 Å². The molecule has 164 valence electrons. The van der Waals surface area contributed by atoms with Gasteiger partial charge in [-0.05, 0) is 37.5 Å². The highest BCUT2D eigenvalue weighted by Gasteiger charge is 2.52. The predicted octanol–water partition coefficient (Wildman–Crippen LogP) is 8.07. The van der Waals surface area contributed by atoms with Crippen molar-refractivity contribution in [3.63, 3.8) is 0 Å². The van der Waals surface area contributed by atoms with Crippen LogP contribution in [0.15, 0.2) is 0 Å². The zero-order valence-electron chi connectivity index (χ0n) is 19.7. The zero-order chi connectivity index (χ0) is 21.0. The lowest BCUT2D eigenvalue weighted by atomic mass is 9.53. The standard InChI is InChI=1S/C26H48O2/c1-6-11-12-13-14-15-16-17-18-19-23(27)22-20-25(7-2,8-3)21-26(9-4,10-5)24(22)28/h22H,6-21H2,1-5H3. The summed E-state index contributed by atoms with van der Waals surface area (Å²) in [5.74, 6) is 0.184. The monoisotopic (exact) mass is 392 g/mol. The van der Waals surface area contributed by atoms with Crippen LogP contribution in [0, 0.1) is 16.7 Å². The second-order valence-electron chi connectivity index (χ2n) is 9.54. The summed E-state index contributed by atoms with van der Waals surface area (Å²) in [4.78, 5) is 26.3. The third kappa shape index (κ3) is 6.70. The Bertz CT molecular complexity index is 457. The van der Waals surface area contributed by atoms with Crippen molar-refractivity contribution in [2.24, 2.45) is 16.7 Å². The van der Waals surface area contributed by atoms with E-state index in [-0.39, 0.29) is 28.3 Å². The number of ketones is 2. The van der Waals surface area contributed by atoms with E-state index in [0.29, 0.717) is 6.42 Å². The van der Waals surface area contributed by atoms with Gasteiger partial charge in [-0.25, -0.2) is 0 Å². The van der Waals surface area contributed by atoms with Crippen molar-refractivity contribution in [3.8, 4) is 0 Å². The summed E-state index contributed by atoms with van der Waals surface area (Å²) >= 11 is 0. The molecule has 1 unspecified atom stereocenters. The minimum atomic E-state index is -0.331. The topological polar surface area (TPSA) is 34.1 Å². The fourth-order valence-electron chi connectivity index (χ4n) is 5.45. The van der Waals surface area contributed by atoms with Gasteiger partial charge in [0, 0.05) is 11.8 Å². The summed E-state index contributed by atoms with van der Waals surface area (Å²) < 4.78 is 0. The molecule has 2 heteroatoms. The van der Waals surface area contributed by atoms with Crippen molar-refractivity contribution in [1.29, 1.82) is 0 Å². The molecule has 0 aliphatic heterocycles. The molecule has 0 heterocycles. The van der Waals surface area contributed by atoms with Crippen LogP contribution < -0.4 is 0 Å². The maximum Gasteiger partial charge on any atom is 0.149 e. The van der Waals surface area contributed by atoms with Gasteiger partial charge in [-0.3, -0.25) is 9.59 Å². The molecule has 0 N–H and O–H groups in total. The smallest absolute Gasteiger partial charge is 0.149 e. The summed E-state index contributed by atoms with van der Waals surface area (Å²) in [6, 6.07) is 0. The fraction of sp³-hybridized carbons (Fsp3) is 0.923. The molecule has 0 radical (unpaired) electrons. The maximum absolute atomic E-state index is 13.3. The lowest BCUT2D eigenvalue weighted by Crippen LogP contribution is -2.49. The van der Waals surface area contributed by atoms with Crippen molar-refractivity contribution < 1.29 is 9.59 Å². The summed E-state index contributed by atoms with van der Waals surface area (Å²) in [5, 5.41) is 0. The molecule has 1 atom stereocenters. The summed E-state index contributed by atoms with van der Waals surface area (Å²) in [5.41, 5.74) is -0.0815. The minimum Gasteiger partial charge on any atom is -0.299 e. The SMILES string of the molecule is CCCCCCCCCCCC(=O)C1CC(CC)(CC)CC(CC)(CC)C1=O. The summed E-state index contributed by atoms with van der Waals surface area (Å²) in [7, 11) is 0. The number of hydrogen-bond acceptors (Lipinski definition) is 2. The molecule has 0 amide bonds. The van der Waals surface area contributed by atoms with Crippen LogP contribution in [0.2, 0.25) is 0 Å². The molecule has 0 bridgehead atoms. The van der Waals surface area contributed by atoms with E-state index in [2.05, 4.69) is 34.6 Å². The van der Waals surface area contributed by atoms with Crippen LogP contribution in [0.1, 0.15) is 137 Å². The first kappa shape index (κ1) is 25.4. The molecule has 2 nitrogen and oxygen atoms in total. The fourth-order valence-corrected chi connectivity index (χ4v) is 5.45. The Morgan fingerprint density at radius 1 is 0.786 bits per heavy atom. The molecule has 1 rings (SSSR count). The van der Waals surface area contributed by atoms with Crippen LogP contribution in [0.4, 0.5) is 0 Å². The number of unbranched alkanes of at least 4 members (excludes halogenated alkanes) is 8. The first-order chi connectivity index (χ1) is 13.4. The Hall–Kier alpha value is -0.660. The van der Waals surface area contributed by atoms with Gasteiger partial charge in [0.05, 0.1) is 5.92 Å². The molecular formula is C26H48O2. The second-order valence-corrected chi connectivity index (χ2v) is 9.54. The van der Waals surface area contributed by atoms with Crippen molar-refractivity contribution >= 4 is 11.6 Å². The van der Waals surface area contributed by atoms with E-state index < -0.39 is 0 Å². The van der Waals surface area contributed by atoms with Gasteiger partial charge in [-0.2, -0.15) is 0 Å². The Labute approximate surface area is 175 Å². The number of carbonyl (C=O) groups is 2. The van der Waals surface area contributed by atoms with Crippen molar-refractivity contribution in [1.82, 2.24) is 0 Å². The van der Waals surface area contributed by atoms with Gasteiger partial charge in [-0.15, -0.1) is 0 Å². The van der Waals surface area contributed by atoms with E-state index in [1.165, 1.54) is 44.9 Å². The van der Waals surface area contributed by atoms with Gasteiger partial charge in [-0.1, -0.05) is 98.8 Å². The number of Topliss-reactive ketones (excluding diaryl/α,β-unsaturated/α-hetero) is 2. The quantitative estimate of drug-likeness (QED) is 0.208. The zero-order valence-corrected chi connectivity index (χ0v) is 19.7. The number of hydrogen-bond donors (Lipinski definition) is 0. The van der Waals surface area contributed by atoms with Crippen LogP contribution in [0.3, 0.4) is 0 Å². The lowest BCUT2D eigenvalue weighted by molar-refractivity contribution is -0.149. The first-order valence-corrected chi connectivity index (χ1v) is 12.5. The summed E-state index contributed by atoms with van der Waals surface area (Å²) in [6.07, 6.45) is 17.7. The molecule has 0 aromatic carbocycles. The number of carbonyl (C=O) groups excluding carboxylic acids is 2. The van der Waals surface area contributed by atoms with E-state index in [4.69, 9.17) is 0 Å². The molecule has 0 saturated heterocycles. The van der Waals surface area contributed by atoms with E-state index in [0.717, 1.165) is 51.4 Å². The van der Waals surface area contributed by atoms with Crippen LogP contribution in [-0.2, 0) is 9.59 Å². The lowest BCUT2D eigenvalue weighted by Gasteiger charge is -2.49. The van der Waals surface area contributed by atoms with Gasteiger partial charge in [0.1, 0.15) is 11.6 Å². The van der Waals surface area contributed by atoms with Gasteiger partial charge >= 0.3 is 0 Å². The third-order valence-electron chi connectivity index (χ3n) is 7.96. The van der Waals surface area contributed by atoms with E-state index in [1.54, 1.807) is 0 Å². The highest BCUT2D eigenvalue weighted by molar-refractivity contribution is 6.05. The first-order valence-electron chi connectivity index (χ1n) is 12.5.